The molecule has 0 saturated heterocycles. The van der Waals surface area contributed by atoms with Crippen LogP contribution in [0.5, 0.6) is 0 Å². The lowest BCUT2D eigenvalue weighted by molar-refractivity contribution is -0.134. The van der Waals surface area contributed by atoms with E-state index in [4.69, 9.17) is 22.4 Å². The number of carboxylic acids is 1. The third-order valence-electron chi connectivity index (χ3n) is 0.978. The van der Waals surface area contributed by atoms with Crippen molar-refractivity contribution >= 4 is 23.5 Å². The first-order valence-corrected chi connectivity index (χ1v) is 3.82. The topological polar surface area (TPSA) is 96.2 Å². The molecule has 1 aromatic rings. The summed E-state index contributed by atoms with van der Waals surface area (Å²) >= 11 is 4.74. The summed E-state index contributed by atoms with van der Waals surface area (Å²) in [5.41, 5.74) is 5.34. The highest BCUT2D eigenvalue weighted by atomic mass is 35.5. The molecular formula is C7H9ClN2O3. The first-order valence-electron chi connectivity index (χ1n) is 3.29. The molecule has 0 aromatic carbocycles. The van der Waals surface area contributed by atoms with Gasteiger partial charge in [-0.2, -0.15) is 0 Å². The summed E-state index contributed by atoms with van der Waals surface area (Å²) < 4.78 is 0. The zero-order valence-corrected chi connectivity index (χ0v) is 7.41. The molecule has 5 nitrogen and oxygen atoms in total. The van der Waals surface area contributed by atoms with Crippen molar-refractivity contribution in [2.45, 2.75) is 0 Å². The number of hydrogen-bond donors (Lipinski definition) is 3. The molecule has 0 aliphatic rings. The summed E-state index contributed by atoms with van der Waals surface area (Å²) in [5.74, 6) is -1.71. The van der Waals surface area contributed by atoms with Crippen molar-refractivity contribution in [3.05, 3.63) is 24.0 Å². The number of alkyl halides is 1. The lowest BCUT2D eigenvalue weighted by Gasteiger charge is -1.82. The van der Waals surface area contributed by atoms with Crippen LogP contribution in [-0.2, 0) is 4.79 Å². The second-order valence-corrected chi connectivity index (χ2v) is 2.24. The Kier molecular flexibility index (Phi) is 5.38. The molecule has 0 fully saturated rings. The van der Waals surface area contributed by atoms with Crippen molar-refractivity contribution in [3.63, 3.8) is 0 Å². The van der Waals surface area contributed by atoms with Crippen LogP contribution in [0.2, 0.25) is 0 Å². The molecule has 0 atom stereocenters. The highest BCUT2D eigenvalue weighted by molar-refractivity contribution is 6.26. The summed E-state index contributed by atoms with van der Waals surface area (Å²) in [6, 6.07) is 3.35. The summed E-state index contributed by atoms with van der Waals surface area (Å²) in [7, 11) is 0. The summed E-state index contributed by atoms with van der Waals surface area (Å²) in [5, 5.41) is 7.59. The number of nitrogens with one attached hydrogen (secondary N) is 1. The molecule has 0 spiro atoms. The average Bonchev–Trinajstić information content (AvgIpc) is 2.57. The normalized spacial score (nSPS) is 8.38. The van der Waals surface area contributed by atoms with E-state index in [0.717, 1.165) is 0 Å². The summed E-state index contributed by atoms with van der Waals surface area (Å²) in [4.78, 5) is 22.2. The van der Waals surface area contributed by atoms with Gasteiger partial charge in [0.25, 0.3) is 5.91 Å². The van der Waals surface area contributed by atoms with Crippen LogP contribution in [0.3, 0.4) is 0 Å². The predicted molar refractivity (Wildman–Crippen MR) is 47.7 cm³/mol. The maximum atomic E-state index is 10.3. The molecule has 0 saturated carbocycles. The first-order chi connectivity index (χ1) is 6.07. The fourth-order valence-electron chi connectivity index (χ4n) is 0.484. The van der Waals surface area contributed by atoms with Gasteiger partial charge in [-0.25, -0.2) is 0 Å². The second kappa shape index (κ2) is 6.07. The van der Waals surface area contributed by atoms with Crippen molar-refractivity contribution in [3.8, 4) is 0 Å². The summed E-state index contributed by atoms with van der Waals surface area (Å²) in [6.45, 7) is 0. The Bertz CT molecular complexity index is 271. The van der Waals surface area contributed by atoms with Crippen LogP contribution in [0.15, 0.2) is 18.3 Å². The van der Waals surface area contributed by atoms with E-state index >= 15 is 0 Å². The van der Waals surface area contributed by atoms with E-state index in [1.807, 2.05) is 0 Å². The molecule has 13 heavy (non-hydrogen) atoms. The lowest BCUT2D eigenvalue weighted by Crippen LogP contribution is -2.10. The maximum Gasteiger partial charge on any atom is 0.318 e. The van der Waals surface area contributed by atoms with Crippen molar-refractivity contribution in [1.29, 1.82) is 0 Å². The zero-order valence-electron chi connectivity index (χ0n) is 6.66. The molecule has 6 heteroatoms. The average molecular weight is 205 g/mol. The number of nitrogens with two attached hydrogens (primary N) is 1. The fraction of sp³-hybridized carbons (Fsp3) is 0.143. The highest BCUT2D eigenvalue weighted by Gasteiger charge is 1.95. The van der Waals surface area contributed by atoms with E-state index in [-0.39, 0.29) is 5.88 Å². The van der Waals surface area contributed by atoms with Gasteiger partial charge in [-0.1, -0.05) is 0 Å². The number of H-pyrrole nitrogens is 1. The minimum atomic E-state index is -0.980. The molecular weight excluding hydrogens is 196 g/mol. The standard InChI is InChI=1S/C5H6N2O.C2H3ClO2/c6-5(8)4-2-1-3-7-4;3-1-2(4)5/h1-3,7H,(H2,6,8);1H2,(H,4,5). The van der Waals surface area contributed by atoms with Gasteiger partial charge in [0.2, 0.25) is 0 Å². The van der Waals surface area contributed by atoms with Gasteiger partial charge < -0.3 is 15.8 Å². The quantitative estimate of drug-likeness (QED) is 0.610. The monoisotopic (exact) mass is 204 g/mol. The Balaban J connectivity index is 0.000000252. The van der Waals surface area contributed by atoms with Gasteiger partial charge in [0.05, 0.1) is 0 Å². The predicted octanol–water partition coefficient (Wildman–Crippen LogP) is 0.423. The van der Waals surface area contributed by atoms with Gasteiger partial charge in [0.15, 0.2) is 0 Å². The van der Waals surface area contributed by atoms with E-state index in [9.17, 15) is 9.59 Å². The molecule has 0 aliphatic heterocycles. The fourth-order valence-corrected chi connectivity index (χ4v) is 0.484. The molecule has 72 valence electrons. The second-order valence-electron chi connectivity index (χ2n) is 1.98. The van der Waals surface area contributed by atoms with Gasteiger partial charge in [-0.15, -0.1) is 11.6 Å². The van der Waals surface area contributed by atoms with Gasteiger partial charge in [-0.05, 0) is 12.1 Å². The Morgan fingerprint density at radius 1 is 1.62 bits per heavy atom. The van der Waals surface area contributed by atoms with Gasteiger partial charge in [0.1, 0.15) is 11.6 Å². The van der Waals surface area contributed by atoms with Gasteiger partial charge >= 0.3 is 5.97 Å². The zero-order chi connectivity index (χ0) is 10.3. The Morgan fingerprint density at radius 2 is 2.15 bits per heavy atom. The van der Waals surface area contributed by atoms with E-state index in [0.29, 0.717) is 5.69 Å². The third kappa shape index (κ3) is 5.75. The van der Waals surface area contributed by atoms with Crippen molar-refractivity contribution in [1.82, 2.24) is 4.98 Å². The number of amides is 1. The van der Waals surface area contributed by atoms with Crippen molar-refractivity contribution in [2.24, 2.45) is 5.73 Å². The molecule has 1 aromatic heterocycles. The van der Waals surface area contributed by atoms with E-state index in [2.05, 4.69) is 4.98 Å². The molecule has 0 unspecified atom stereocenters. The molecule has 0 bridgehead atoms. The minimum absolute atomic E-state index is 0.306. The Morgan fingerprint density at radius 3 is 2.31 bits per heavy atom. The number of carbonyl (C=O) groups excluding carboxylic acids is 1. The number of aliphatic carboxylic acids is 1. The molecule has 4 N–H and O–H groups in total. The summed E-state index contributed by atoms with van der Waals surface area (Å²) in [6.07, 6.45) is 1.65. The van der Waals surface area contributed by atoms with Gasteiger partial charge in [0, 0.05) is 6.20 Å². The molecule has 1 rings (SSSR count). The number of aromatic nitrogens is 1. The largest absolute Gasteiger partial charge is 0.480 e. The smallest absolute Gasteiger partial charge is 0.318 e. The van der Waals surface area contributed by atoms with E-state index in [1.165, 1.54) is 0 Å². The molecule has 1 heterocycles. The number of halogens is 1. The van der Waals surface area contributed by atoms with Crippen LogP contribution < -0.4 is 5.73 Å². The first kappa shape index (κ1) is 11.5. The number of carboxylic acid groups (broad SMARTS) is 1. The van der Waals surface area contributed by atoms with E-state index < -0.39 is 11.9 Å². The van der Waals surface area contributed by atoms with Crippen molar-refractivity contribution in [2.75, 3.05) is 5.88 Å². The third-order valence-corrected chi connectivity index (χ3v) is 1.21. The SMILES string of the molecule is NC(=O)c1ccc[nH]1.O=C(O)CCl. The highest BCUT2D eigenvalue weighted by Crippen LogP contribution is 1.89. The number of aromatic amines is 1. The van der Waals surface area contributed by atoms with Crippen LogP contribution in [0, 0.1) is 0 Å². The Labute approximate surface area is 79.5 Å². The van der Waals surface area contributed by atoms with Crippen LogP contribution in [-0.4, -0.2) is 27.8 Å². The minimum Gasteiger partial charge on any atom is -0.480 e. The van der Waals surface area contributed by atoms with Crippen LogP contribution in [0.25, 0.3) is 0 Å². The van der Waals surface area contributed by atoms with Crippen LogP contribution in [0.4, 0.5) is 0 Å². The number of primary amides is 1. The van der Waals surface area contributed by atoms with E-state index in [1.54, 1.807) is 18.3 Å². The maximum absolute atomic E-state index is 10.3. The molecule has 0 aliphatic carbocycles. The number of rotatable bonds is 2. The van der Waals surface area contributed by atoms with Crippen LogP contribution in [0.1, 0.15) is 10.5 Å². The van der Waals surface area contributed by atoms with Crippen LogP contribution >= 0.6 is 11.6 Å². The van der Waals surface area contributed by atoms with Crippen molar-refractivity contribution < 1.29 is 14.7 Å². The Hall–Kier alpha value is -1.49. The number of hydrogen-bond acceptors (Lipinski definition) is 2. The van der Waals surface area contributed by atoms with Gasteiger partial charge in [-0.3, -0.25) is 9.59 Å². The molecule has 0 radical (unpaired) electrons. The molecule has 1 amide bonds. The number of carbonyl (C=O) groups is 2. The lowest BCUT2D eigenvalue weighted by atomic mass is 10.4.